The van der Waals surface area contributed by atoms with Crippen molar-refractivity contribution in [1.82, 2.24) is 15.6 Å². The molecule has 1 aromatic heterocycles. The summed E-state index contributed by atoms with van der Waals surface area (Å²) in [6.07, 6.45) is 6.70. The van der Waals surface area contributed by atoms with E-state index in [9.17, 15) is 4.79 Å². The van der Waals surface area contributed by atoms with Crippen molar-refractivity contribution in [3.8, 4) is 17.0 Å². The van der Waals surface area contributed by atoms with Crippen molar-refractivity contribution < 1.29 is 9.53 Å². The van der Waals surface area contributed by atoms with Gasteiger partial charge < -0.3 is 26.1 Å². The highest BCUT2D eigenvalue weighted by molar-refractivity contribution is 6.42. The monoisotopic (exact) mass is 572 g/mol. The first kappa shape index (κ1) is 29.7. The fraction of sp³-hybridized carbons (Fsp3) is 0.516. The van der Waals surface area contributed by atoms with Gasteiger partial charge in [-0.3, -0.25) is 4.79 Å². The maximum absolute atomic E-state index is 13.6. The van der Waals surface area contributed by atoms with Crippen LogP contribution in [0.3, 0.4) is 0 Å². The van der Waals surface area contributed by atoms with E-state index >= 15 is 0 Å². The van der Waals surface area contributed by atoms with Crippen LogP contribution in [0.25, 0.3) is 22.2 Å². The van der Waals surface area contributed by atoms with Crippen LogP contribution in [0.1, 0.15) is 83.0 Å². The highest BCUT2D eigenvalue weighted by Gasteiger charge is 2.44. The third-order valence-corrected chi connectivity index (χ3v) is 9.37. The van der Waals surface area contributed by atoms with Gasteiger partial charge in [0, 0.05) is 39.1 Å². The molecule has 0 radical (unpaired) electrons. The number of H-pyrrole nitrogens is 1. The number of carbonyl (C=O) groups excluding carboxylic acids is 1. The smallest absolute Gasteiger partial charge is 0.251 e. The number of ether oxygens (including phenoxy) is 1. The van der Waals surface area contributed by atoms with E-state index in [2.05, 4.69) is 43.3 Å². The van der Waals surface area contributed by atoms with Crippen molar-refractivity contribution in [2.45, 2.75) is 89.8 Å². The van der Waals surface area contributed by atoms with Crippen LogP contribution in [-0.2, 0) is 0 Å². The topological polar surface area (TPSA) is 92.2 Å². The van der Waals surface area contributed by atoms with E-state index in [1.54, 1.807) is 0 Å². The van der Waals surface area contributed by atoms with Crippen LogP contribution in [-0.4, -0.2) is 41.2 Å². The summed E-state index contributed by atoms with van der Waals surface area (Å²) in [5.74, 6) is 0.563. The van der Waals surface area contributed by atoms with Gasteiger partial charge in [-0.05, 0) is 87.9 Å². The lowest BCUT2D eigenvalue weighted by Crippen LogP contribution is -2.66. The molecule has 8 heteroatoms. The Morgan fingerprint density at radius 3 is 2.26 bits per heavy atom. The molecule has 0 aliphatic carbocycles. The maximum atomic E-state index is 13.6. The first-order valence-electron chi connectivity index (χ1n) is 14.3. The zero-order chi connectivity index (χ0) is 28.2. The Hall–Kier alpha value is -2.25. The summed E-state index contributed by atoms with van der Waals surface area (Å²) in [6, 6.07) is 11.4. The van der Waals surface area contributed by atoms with Gasteiger partial charge in [0.25, 0.3) is 5.91 Å². The van der Waals surface area contributed by atoms with Crippen LogP contribution in [0.2, 0.25) is 10.0 Å². The van der Waals surface area contributed by atoms with Gasteiger partial charge in [-0.2, -0.15) is 0 Å². The van der Waals surface area contributed by atoms with E-state index in [1.807, 2.05) is 36.4 Å². The van der Waals surface area contributed by atoms with Gasteiger partial charge in [0.05, 0.1) is 22.3 Å². The average molecular weight is 574 g/mol. The number of nitrogens with two attached hydrogens (primary N) is 1. The highest BCUT2D eigenvalue weighted by atomic mass is 35.5. The van der Waals surface area contributed by atoms with Crippen LogP contribution < -0.4 is 21.1 Å². The Bertz CT molecular complexity index is 1240. The predicted molar refractivity (Wildman–Crippen MR) is 163 cm³/mol. The summed E-state index contributed by atoms with van der Waals surface area (Å²) in [5.41, 5.74) is 8.96. The molecule has 1 amide bonds. The molecule has 39 heavy (non-hydrogen) atoms. The molecule has 0 unspecified atom stereocenters. The average Bonchev–Trinajstić information content (AvgIpc) is 3.35. The number of aromatic nitrogens is 1. The zero-order valence-electron chi connectivity index (χ0n) is 23.6. The molecule has 4 rings (SSSR count). The van der Waals surface area contributed by atoms with E-state index in [0.717, 1.165) is 67.1 Å². The Labute approximate surface area is 242 Å². The van der Waals surface area contributed by atoms with Crippen molar-refractivity contribution >= 4 is 40.0 Å². The molecule has 0 spiro atoms. The first-order chi connectivity index (χ1) is 18.7. The third-order valence-electron chi connectivity index (χ3n) is 8.65. The molecule has 1 saturated heterocycles. The number of halogens is 2. The Morgan fingerprint density at radius 1 is 1.00 bits per heavy atom. The van der Waals surface area contributed by atoms with Crippen molar-refractivity contribution in [2.24, 2.45) is 5.73 Å². The minimum Gasteiger partial charge on any atom is -0.493 e. The third kappa shape index (κ3) is 6.40. The largest absolute Gasteiger partial charge is 0.493 e. The highest BCUT2D eigenvalue weighted by Crippen LogP contribution is 2.38. The van der Waals surface area contributed by atoms with E-state index in [0.29, 0.717) is 34.5 Å². The van der Waals surface area contributed by atoms with Crippen LogP contribution in [0.15, 0.2) is 36.4 Å². The summed E-state index contributed by atoms with van der Waals surface area (Å²) in [6.45, 7) is 9.96. The molecular weight excluding hydrogens is 531 g/mol. The number of rotatable bonds is 11. The molecule has 2 heterocycles. The van der Waals surface area contributed by atoms with E-state index < -0.39 is 0 Å². The molecule has 5 N–H and O–H groups in total. The molecule has 0 bridgehead atoms. The number of piperidine rings is 1. The van der Waals surface area contributed by atoms with Crippen LogP contribution in [0.4, 0.5) is 0 Å². The number of hydrogen-bond acceptors (Lipinski definition) is 4. The lowest BCUT2D eigenvalue weighted by atomic mass is 9.71. The molecule has 0 saturated carbocycles. The van der Waals surface area contributed by atoms with Gasteiger partial charge in [-0.15, -0.1) is 0 Å². The number of fused-ring (bicyclic) bond motifs is 1. The molecule has 6 nitrogen and oxygen atoms in total. The number of hydrogen-bond donors (Lipinski definition) is 4. The van der Waals surface area contributed by atoms with Gasteiger partial charge >= 0.3 is 0 Å². The molecule has 1 aliphatic rings. The number of benzene rings is 2. The number of aromatic amines is 1. The summed E-state index contributed by atoms with van der Waals surface area (Å²) in [4.78, 5) is 17.0. The normalized spacial score (nSPS) is 16.9. The minimum absolute atomic E-state index is 0.0317. The summed E-state index contributed by atoms with van der Waals surface area (Å²) in [5, 5.41) is 9.33. The first-order valence-corrected chi connectivity index (χ1v) is 15.0. The van der Waals surface area contributed by atoms with Gasteiger partial charge in [0.1, 0.15) is 5.75 Å². The lowest BCUT2D eigenvalue weighted by Gasteiger charge is -2.52. The number of carbonyl (C=O) groups is 1. The standard InChI is InChI=1S/C31H42Cl2N4O2/c1-5-30(6-2)18-22(19-31(7-3,8-4)37-30)35-29(38)20-10-11-23(28(16-20)39-13-9-12-34)27-15-21-14-24(32)25(33)17-26(21)36-27/h10-11,14-17,22,36-37H,5-9,12-13,18-19,34H2,1-4H3,(H,35,38). The van der Waals surface area contributed by atoms with Gasteiger partial charge in [-0.25, -0.2) is 0 Å². The van der Waals surface area contributed by atoms with Crippen LogP contribution >= 0.6 is 23.2 Å². The molecule has 3 aromatic rings. The Kier molecular flexibility index (Phi) is 9.53. The number of amides is 1. The van der Waals surface area contributed by atoms with Crippen LogP contribution in [0, 0.1) is 0 Å². The fourth-order valence-corrected chi connectivity index (χ4v) is 6.36. The molecule has 1 aliphatic heterocycles. The quantitative estimate of drug-likeness (QED) is 0.179. The van der Waals surface area contributed by atoms with Gasteiger partial charge in [-0.1, -0.05) is 50.9 Å². The molecule has 212 valence electrons. The van der Waals surface area contributed by atoms with Crippen LogP contribution in [0.5, 0.6) is 5.75 Å². The summed E-state index contributed by atoms with van der Waals surface area (Å²) >= 11 is 12.5. The van der Waals surface area contributed by atoms with Crippen molar-refractivity contribution in [3.63, 3.8) is 0 Å². The van der Waals surface area contributed by atoms with Gasteiger partial charge in [0.15, 0.2) is 0 Å². The SMILES string of the molecule is CCC1(CC)CC(NC(=O)c2ccc(-c3cc4cc(Cl)c(Cl)cc4[nH]3)c(OCCCN)c2)CC(CC)(CC)N1. The predicted octanol–water partition coefficient (Wildman–Crippen LogP) is 7.47. The second-order valence-electron chi connectivity index (χ2n) is 10.9. The Balaban J connectivity index is 1.63. The van der Waals surface area contributed by atoms with E-state index in [-0.39, 0.29) is 23.0 Å². The number of nitrogens with one attached hydrogen (secondary N) is 3. The zero-order valence-corrected chi connectivity index (χ0v) is 25.1. The minimum atomic E-state index is -0.0745. The van der Waals surface area contributed by atoms with E-state index in [4.69, 9.17) is 33.7 Å². The molecular formula is C31H42Cl2N4O2. The molecule has 0 atom stereocenters. The second-order valence-corrected chi connectivity index (χ2v) is 11.7. The second kappa shape index (κ2) is 12.5. The molecule has 2 aromatic carbocycles. The maximum Gasteiger partial charge on any atom is 0.251 e. The van der Waals surface area contributed by atoms with E-state index in [1.165, 1.54) is 0 Å². The fourth-order valence-electron chi connectivity index (χ4n) is 6.02. The lowest BCUT2D eigenvalue weighted by molar-refractivity contribution is 0.0715. The van der Waals surface area contributed by atoms with Gasteiger partial charge in [0.2, 0.25) is 0 Å². The molecule has 1 fully saturated rings. The summed E-state index contributed by atoms with van der Waals surface area (Å²) in [7, 11) is 0. The van der Waals surface area contributed by atoms with Crippen molar-refractivity contribution in [2.75, 3.05) is 13.2 Å². The Morgan fingerprint density at radius 2 is 1.64 bits per heavy atom. The summed E-state index contributed by atoms with van der Waals surface area (Å²) < 4.78 is 6.15. The van der Waals surface area contributed by atoms with Crippen molar-refractivity contribution in [3.05, 3.63) is 52.0 Å². The van der Waals surface area contributed by atoms with Crippen molar-refractivity contribution in [1.29, 1.82) is 0 Å².